The Morgan fingerprint density at radius 1 is 1.40 bits per heavy atom. The average molecular weight is 137 g/mol. The summed E-state index contributed by atoms with van der Waals surface area (Å²) >= 11 is 0. The molecule has 0 atom stereocenters. The van der Waals surface area contributed by atoms with Crippen molar-refractivity contribution >= 4 is 5.71 Å². The molecule has 0 unspecified atom stereocenters. The summed E-state index contributed by atoms with van der Waals surface area (Å²) in [5.74, 6) is 0. The zero-order valence-electron chi connectivity index (χ0n) is 6.94. The van der Waals surface area contributed by atoms with E-state index in [-0.39, 0.29) is 0 Å². The highest BCUT2D eigenvalue weighted by Crippen LogP contribution is 2.01. The van der Waals surface area contributed by atoms with Gasteiger partial charge in [0.05, 0.1) is 0 Å². The van der Waals surface area contributed by atoms with E-state index in [0.717, 1.165) is 12.0 Å². The summed E-state index contributed by atoms with van der Waals surface area (Å²) in [4.78, 5) is 0. The van der Waals surface area contributed by atoms with E-state index in [1.807, 2.05) is 39.0 Å². The Hall–Kier alpha value is -0.850. The summed E-state index contributed by atoms with van der Waals surface area (Å²) < 4.78 is 0. The molecule has 1 heteroatoms. The maximum atomic E-state index is 7.48. The van der Waals surface area contributed by atoms with Gasteiger partial charge in [0.2, 0.25) is 0 Å². The fourth-order valence-corrected chi connectivity index (χ4v) is 0.755. The van der Waals surface area contributed by atoms with E-state index in [1.54, 1.807) is 0 Å². The standard InChI is InChI=1S/C9H15N/c1-4-7-8(5-2)9(10)6-3/h4-5,7,10H,6H2,1-3H3. The first-order valence-corrected chi connectivity index (χ1v) is 3.63. The highest BCUT2D eigenvalue weighted by Gasteiger charge is 1.94. The van der Waals surface area contributed by atoms with Crippen LogP contribution in [0, 0.1) is 5.41 Å². The Morgan fingerprint density at radius 3 is 2.30 bits per heavy atom. The van der Waals surface area contributed by atoms with E-state index in [9.17, 15) is 0 Å². The quantitative estimate of drug-likeness (QED) is 0.457. The number of nitrogens with one attached hydrogen (secondary N) is 1. The Morgan fingerprint density at radius 2 is 2.00 bits per heavy atom. The van der Waals surface area contributed by atoms with E-state index < -0.39 is 0 Å². The van der Waals surface area contributed by atoms with Crippen molar-refractivity contribution in [1.82, 2.24) is 0 Å². The molecule has 0 heterocycles. The lowest BCUT2D eigenvalue weighted by atomic mass is 10.1. The van der Waals surface area contributed by atoms with E-state index in [2.05, 4.69) is 0 Å². The summed E-state index contributed by atoms with van der Waals surface area (Å²) in [6, 6.07) is 0. The van der Waals surface area contributed by atoms with Gasteiger partial charge < -0.3 is 5.41 Å². The van der Waals surface area contributed by atoms with Crippen LogP contribution in [0.25, 0.3) is 0 Å². The second-order valence-electron chi connectivity index (χ2n) is 2.08. The summed E-state index contributed by atoms with van der Waals surface area (Å²) in [7, 11) is 0. The zero-order valence-corrected chi connectivity index (χ0v) is 6.94. The molecule has 0 saturated heterocycles. The zero-order chi connectivity index (χ0) is 7.98. The molecule has 1 N–H and O–H groups in total. The number of allylic oxidation sites excluding steroid dienone is 4. The summed E-state index contributed by atoms with van der Waals surface area (Å²) in [5, 5.41) is 7.48. The van der Waals surface area contributed by atoms with Crippen LogP contribution < -0.4 is 0 Å². The van der Waals surface area contributed by atoms with Crippen LogP contribution in [0.4, 0.5) is 0 Å². The topological polar surface area (TPSA) is 23.9 Å². The van der Waals surface area contributed by atoms with Gasteiger partial charge in [0.25, 0.3) is 0 Å². The van der Waals surface area contributed by atoms with Gasteiger partial charge in [-0.25, -0.2) is 0 Å². The van der Waals surface area contributed by atoms with Crippen molar-refractivity contribution in [3.63, 3.8) is 0 Å². The van der Waals surface area contributed by atoms with Crippen LogP contribution in [0.3, 0.4) is 0 Å². The molecule has 0 radical (unpaired) electrons. The third-order valence-corrected chi connectivity index (χ3v) is 1.36. The second kappa shape index (κ2) is 4.98. The lowest BCUT2D eigenvalue weighted by Crippen LogP contribution is -1.95. The van der Waals surface area contributed by atoms with Gasteiger partial charge in [0.15, 0.2) is 0 Å². The molecular formula is C9H15N. The minimum absolute atomic E-state index is 0.709. The van der Waals surface area contributed by atoms with Gasteiger partial charge in [-0.2, -0.15) is 0 Å². The molecule has 0 fully saturated rings. The lowest BCUT2D eigenvalue weighted by molar-refractivity contribution is 1.24. The minimum atomic E-state index is 0.709. The molecule has 0 aromatic rings. The first kappa shape index (κ1) is 9.15. The SMILES string of the molecule is CC=CC(=CC)C(=N)CC. The predicted octanol–water partition coefficient (Wildman–Crippen LogP) is 2.94. The third-order valence-electron chi connectivity index (χ3n) is 1.36. The van der Waals surface area contributed by atoms with E-state index >= 15 is 0 Å². The van der Waals surface area contributed by atoms with Crippen molar-refractivity contribution in [3.05, 3.63) is 23.8 Å². The molecule has 0 aromatic carbocycles. The molecule has 0 aliphatic rings. The molecule has 0 aromatic heterocycles. The molecule has 56 valence electrons. The third kappa shape index (κ3) is 2.62. The maximum Gasteiger partial charge on any atom is 0.0380 e. The number of hydrogen-bond donors (Lipinski definition) is 1. The highest BCUT2D eigenvalue weighted by molar-refractivity contribution is 5.99. The van der Waals surface area contributed by atoms with Crippen molar-refractivity contribution < 1.29 is 0 Å². The fourth-order valence-electron chi connectivity index (χ4n) is 0.755. The van der Waals surface area contributed by atoms with Crippen LogP contribution in [0.15, 0.2) is 23.8 Å². The van der Waals surface area contributed by atoms with Crippen LogP contribution in [-0.4, -0.2) is 5.71 Å². The van der Waals surface area contributed by atoms with Crippen molar-refractivity contribution in [2.45, 2.75) is 27.2 Å². The maximum absolute atomic E-state index is 7.48. The fraction of sp³-hybridized carbons (Fsp3) is 0.444. The molecule has 0 aliphatic carbocycles. The van der Waals surface area contributed by atoms with Gasteiger partial charge in [0, 0.05) is 5.71 Å². The molecule has 1 nitrogen and oxygen atoms in total. The first-order chi connectivity index (χ1) is 4.76. The summed E-state index contributed by atoms with van der Waals surface area (Å²) in [5.41, 5.74) is 1.74. The van der Waals surface area contributed by atoms with Crippen LogP contribution in [0.2, 0.25) is 0 Å². The number of hydrogen-bond acceptors (Lipinski definition) is 1. The Labute approximate surface area is 63.0 Å². The van der Waals surface area contributed by atoms with Gasteiger partial charge in [0.1, 0.15) is 0 Å². The molecule has 0 saturated carbocycles. The lowest BCUT2D eigenvalue weighted by Gasteiger charge is -1.98. The van der Waals surface area contributed by atoms with Crippen molar-refractivity contribution in [2.75, 3.05) is 0 Å². The van der Waals surface area contributed by atoms with E-state index in [0.29, 0.717) is 5.71 Å². The average Bonchev–Trinajstić information content (AvgIpc) is 1.99. The van der Waals surface area contributed by atoms with Crippen molar-refractivity contribution in [2.24, 2.45) is 0 Å². The first-order valence-electron chi connectivity index (χ1n) is 3.63. The minimum Gasteiger partial charge on any atom is -0.305 e. The number of rotatable bonds is 3. The van der Waals surface area contributed by atoms with Crippen LogP contribution in [-0.2, 0) is 0 Å². The molecule has 0 aliphatic heterocycles. The Bertz CT molecular complexity index is 164. The van der Waals surface area contributed by atoms with Gasteiger partial charge >= 0.3 is 0 Å². The molecular weight excluding hydrogens is 122 g/mol. The molecule has 0 rings (SSSR count). The van der Waals surface area contributed by atoms with E-state index in [4.69, 9.17) is 5.41 Å². The second-order valence-corrected chi connectivity index (χ2v) is 2.08. The highest BCUT2D eigenvalue weighted by atomic mass is 14.4. The van der Waals surface area contributed by atoms with Gasteiger partial charge in [-0.05, 0) is 25.8 Å². The van der Waals surface area contributed by atoms with Crippen LogP contribution in [0.5, 0.6) is 0 Å². The largest absolute Gasteiger partial charge is 0.305 e. The van der Waals surface area contributed by atoms with Crippen LogP contribution >= 0.6 is 0 Å². The molecule has 0 bridgehead atoms. The normalized spacial score (nSPS) is 12.5. The molecule has 10 heavy (non-hydrogen) atoms. The monoisotopic (exact) mass is 137 g/mol. The van der Waals surface area contributed by atoms with Crippen molar-refractivity contribution in [3.8, 4) is 0 Å². The van der Waals surface area contributed by atoms with Gasteiger partial charge in [-0.15, -0.1) is 0 Å². The summed E-state index contributed by atoms with van der Waals surface area (Å²) in [6.07, 6.45) is 6.70. The Balaban J connectivity index is 4.23. The Kier molecular flexibility index (Phi) is 4.55. The molecule has 0 amide bonds. The van der Waals surface area contributed by atoms with Gasteiger partial charge in [-0.1, -0.05) is 25.2 Å². The van der Waals surface area contributed by atoms with Gasteiger partial charge in [-0.3, -0.25) is 0 Å². The van der Waals surface area contributed by atoms with Crippen molar-refractivity contribution in [1.29, 1.82) is 5.41 Å². The molecule has 0 spiro atoms. The smallest absolute Gasteiger partial charge is 0.0380 e. The van der Waals surface area contributed by atoms with Crippen LogP contribution in [0.1, 0.15) is 27.2 Å². The van der Waals surface area contributed by atoms with E-state index in [1.165, 1.54) is 0 Å². The predicted molar refractivity (Wildman–Crippen MR) is 46.6 cm³/mol. The summed E-state index contributed by atoms with van der Waals surface area (Å²) in [6.45, 7) is 5.92.